The molecule has 108 valence electrons. The quantitative estimate of drug-likeness (QED) is 0.877. The average molecular weight is 273 g/mol. The van der Waals surface area contributed by atoms with Crippen molar-refractivity contribution in [2.24, 2.45) is 5.73 Å². The van der Waals surface area contributed by atoms with E-state index in [2.05, 4.69) is 25.9 Å². The van der Waals surface area contributed by atoms with Gasteiger partial charge in [0.2, 0.25) is 0 Å². The van der Waals surface area contributed by atoms with Gasteiger partial charge in [-0.1, -0.05) is 19.1 Å². The van der Waals surface area contributed by atoms with E-state index < -0.39 is 0 Å². The molecular weight excluding hydrogens is 250 g/mol. The predicted octanol–water partition coefficient (Wildman–Crippen LogP) is 3.45. The summed E-state index contributed by atoms with van der Waals surface area (Å²) in [5.74, 6) is 0.844. The summed E-state index contributed by atoms with van der Waals surface area (Å²) in [6.45, 7) is 6.78. The van der Waals surface area contributed by atoms with Crippen LogP contribution in [0.3, 0.4) is 0 Å². The van der Waals surface area contributed by atoms with Gasteiger partial charge in [-0.3, -0.25) is 4.68 Å². The van der Waals surface area contributed by atoms with Crippen molar-refractivity contribution in [3.63, 3.8) is 0 Å². The van der Waals surface area contributed by atoms with Crippen LogP contribution in [0.1, 0.15) is 50.5 Å². The van der Waals surface area contributed by atoms with Crippen LogP contribution in [0.5, 0.6) is 5.75 Å². The molecule has 1 unspecified atom stereocenters. The van der Waals surface area contributed by atoms with Crippen LogP contribution < -0.4 is 10.5 Å². The Bertz CT molecular complexity index is 531. The minimum Gasteiger partial charge on any atom is -0.487 e. The summed E-state index contributed by atoms with van der Waals surface area (Å²) in [6, 6.07) is 10.4. The van der Waals surface area contributed by atoms with Crippen LogP contribution in [-0.4, -0.2) is 9.78 Å². The van der Waals surface area contributed by atoms with Crippen molar-refractivity contribution < 1.29 is 4.74 Å². The number of hydrogen-bond donors (Lipinski definition) is 1. The molecule has 0 aliphatic rings. The third-order valence-electron chi connectivity index (χ3n) is 3.33. The van der Waals surface area contributed by atoms with E-state index in [1.54, 1.807) is 0 Å². The summed E-state index contributed by atoms with van der Waals surface area (Å²) >= 11 is 0. The first-order chi connectivity index (χ1) is 9.60. The van der Waals surface area contributed by atoms with Crippen LogP contribution in [-0.2, 0) is 6.61 Å². The van der Waals surface area contributed by atoms with E-state index in [9.17, 15) is 0 Å². The first kappa shape index (κ1) is 14.6. The Balaban J connectivity index is 1.93. The Morgan fingerprint density at radius 1 is 1.20 bits per heavy atom. The van der Waals surface area contributed by atoms with Crippen molar-refractivity contribution in [2.75, 3.05) is 0 Å². The Kier molecular flexibility index (Phi) is 4.79. The third-order valence-corrected chi connectivity index (χ3v) is 3.33. The number of ether oxygens (including phenoxy) is 1. The molecule has 2 N–H and O–H groups in total. The number of aromatic nitrogens is 2. The molecule has 0 fully saturated rings. The highest BCUT2D eigenvalue weighted by molar-refractivity contribution is 5.29. The zero-order chi connectivity index (χ0) is 14.5. The molecule has 0 saturated heterocycles. The molecule has 1 aromatic heterocycles. The lowest BCUT2D eigenvalue weighted by Gasteiger charge is -2.10. The number of nitrogens with zero attached hydrogens (tertiary/aromatic N) is 2. The van der Waals surface area contributed by atoms with Gasteiger partial charge in [0.1, 0.15) is 12.4 Å². The second-order valence-corrected chi connectivity index (χ2v) is 5.25. The van der Waals surface area contributed by atoms with Gasteiger partial charge < -0.3 is 10.5 Å². The van der Waals surface area contributed by atoms with Gasteiger partial charge in [-0.25, -0.2) is 0 Å². The maximum Gasteiger partial charge on any atom is 0.132 e. The highest BCUT2D eigenvalue weighted by Gasteiger charge is 2.05. The normalized spacial score (nSPS) is 12.7. The largest absolute Gasteiger partial charge is 0.487 e. The summed E-state index contributed by atoms with van der Waals surface area (Å²) in [7, 11) is 0. The standard InChI is InChI=1S/C16H23N3O/c1-4-16(17)13-5-7-15(8-6-13)20-11-14-9-10-19(18-14)12(2)3/h5-10,12,16H,4,11,17H2,1-3H3. The van der Waals surface area contributed by atoms with Crippen molar-refractivity contribution in [2.45, 2.75) is 45.9 Å². The van der Waals surface area contributed by atoms with Crippen molar-refractivity contribution in [1.82, 2.24) is 9.78 Å². The zero-order valence-electron chi connectivity index (χ0n) is 12.4. The first-order valence-electron chi connectivity index (χ1n) is 7.12. The SMILES string of the molecule is CCC(N)c1ccc(OCc2ccn(C(C)C)n2)cc1. The van der Waals surface area contributed by atoms with Gasteiger partial charge in [0, 0.05) is 18.3 Å². The van der Waals surface area contributed by atoms with E-state index in [1.807, 2.05) is 41.2 Å². The van der Waals surface area contributed by atoms with Crippen LogP contribution >= 0.6 is 0 Å². The van der Waals surface area contributed by atoms with Gasteiger partial charge in [-0.2, -0.15) is 5.10 Å². The molecule has 0 aliphatic heterocycles. The highest BCUT2D eigenvalue weighted by atomic mass is 16.5. The summed E-state index contributed by atoms with van der Waals surface area (Å²) in [5.41, 5.74) is 8.07. The molecule has 1 heterocycles. The Morgan fingerprint density at radius 2 is 1.90 bits per heavy atom. The summed E-state index contributed by atoms with van der Waals surface area (Å²) < 4.78 is 7.67. The second-order valence-electron chi connectivity index (χ2n) is 5.25. The Morgan fingerprint density at radius 3 is 2.45 bits per heavy atom. The van der Waals surface area contributed by atoms with Crippen LogP contribution in [0.2, 0.25) is 0 Å². The topological polar surface area (TPSA) is 53.1 Å². The summed E-state index contributed by atoms with van der Waals surface area (Å²) in [6.07, 6.45) is 2.92. The van der Waals surface area contributed by atoms with Crippen LogP contribution in [0.4, 0.5) is 0 Å². The average Bonchev–Trinajstić information content (AvgIpc) is 2.94. The van der Waals surface area contributed by atoms with E-state index in [0.29, 0.717) is 12.6 Å². The van der Waals surface area contributed by atoms with E-state index >= 15 is 0 Å². The maximum atomic E-state index is 5.99. The molecule has 20 heavy (non-hydrogen) atoms. The van der Waals surface area contributed by atoms with Gasteiger partial charge in [0.05, 0.1) is 5.69 Å². The molecular formula is C16H23N3O. The summed E-state index contributed by atoms with van der Waals surface area (Å²) in [5, 5.41) is 4.46. The number of hydrogen-bond acceptors (Lipinski definition) is 3. The zero-order valence-corrected chi connectivity index (χ0v) is 12.4. The Hall–Kier alpha value is -1.81. The lowest BCUT2D eigenvalue weighted by atomic mass is 10.1. The number of benzene rings is 1. The molecule has 0 saturated carbocycles. The van der Waals surface area contributed by atoms with E-state index in [0.717, 1.165) is 23.4 Å². The third kappa shape index (κ3) is 3.61. The smallest absolute Gasteiger partial charge is 0.132 e. The summed E-state index contributed by atoms with van der Waals surface area (Å²) in [4.78, 5) is 0. The van der Waals surface area contributed by atoms with Crippen LogP contribution in [0, 0.1) is 0 Å². The predicted molar refractivity (Wildman–Crippen MR) is 80.6 cm³/mol. The second kappa shape index (κ2) is 6.57. The fourth-order valence-corrected chi connectivity index (χ4v) is 1.95. The lowest BCUT2D eigenvalue weighted by molar-refractivity contribution is 0.298. The fraction of sp³-hybridized carbons (Fsp3) is 0.438. The number of nitrogens with two attached hydrogens (primary N) is 1. The molecule has 1 aromatic carbocycles. The van der Waals surface area contributed by atoms with Gasteiger partial charge in [-0.05, 0) is 44.0 Å². The molecule has 4 nitrogen and oxygen atoms in total. The monoisotopic (exact) mass is 273 g/mol. The van der Waals surface area contributed by atoms with Gasteiger partial charge in [-0.15, -0.1) is 0 Å². The molecule has 0 amide bonds. The molecule has 0 radical (unpaired) electrons. The molecule has 2 rings (SSSR count). The minimum atomic E-state index is 0.103. The minimum absolute atomic E-state index is 0.103. The number of rotatable bonds is 6. The van der Waals surface area contributed by atoms with Crippen LogP contribution in [0.25, 0.3) is 0 Å². The molecule has 2 aromatic rings. The molecule has 0 bridgehead atoms. The van der Waals surface area contributed by atoms with Crippen molar-refractivity contribution in [3.8, 4) is 5.75 Å². The van der Waals surface area contributed by atoms with E-state index in [-0.39, 0.29) is 6.04 Å². The molecule has 1 atom stereocenters. The Labute approximate surface area is 120 Å². The van der Waals surface area contributed by atoms with E-state index in [4.69, 9.17) is 10.5 Å². The van der Waals surface area contributed by atoms with Crippen molar-refractivity contribution >= 4 is 0 Å². The maximum absolute atomic E-state index is 5.99. The van der Waals surface area contributed by atoms with Crippen molar-refractivity contribution in [1.29, 1.82) is 0 Å². The highest BCUT2D eigenvalue weighted by Crippen LogP contribution is 2.19. The van der Waals surface area contributed by atoms with Gasteiger partial charge in [0.15, 0.2) is 0 Å². The van der Waals surface area contributed by atoms with Crippen molar-refractivity contribution in [3.05, 3.63) is 47.8 Å². The van der Waals surface area contributed by atoms with Gasteiger partial charge in [0.25, 0.3) is 0 Å². The van der Waals surface area contributed by atoms with E-state index in [1.165, 1.54) is 0 Å². The van der Waals surface area contributed by atoms with Gasteiger partial charge >= 0.3 is 0 Å². The molecule has 0 spiro atoms. The lowest BCUT2D eigenvalue weighted by Crippen LogP contribution is -2.08. The van der Waals surface area contributed by atoms with Crippen LogP contribution in [0.15, 0.2) is 36.5 Å². The molecule has 0 aliphatic carbocycles. The first-order valence-corrected chi connectivity index (χ1v) is 7.12. The molecule has 4 heteroatoms. The fourth-order valence-electron chi connectivity index (χ4n) is 1.95.